The van der Waals surface area contributed by atoms with Crippen molar-refractivity contribution in [3.8, 4) is 0 Å². The fourth-order valence-electron chi connectivity index (χ4n) is 2.13. The Bertz CT molecular complexity index is 357. The molecule has 0 radical (unpaired) electrons. The van der Waals surface area contributed by atoms with Crippen molar-refractivity contribution in [1.82, 2.24) is 9.03 Å². The molecule has 1 heterocycles. The maximum Gasteiger partial charge on any atom is 0.279 e. The summed E-state index contributed by atoms with van der Waals surface area (Å²) in [6.07, 6.45) is 4.03. The highest BCUT2D eigenvalue weighted by Gasteiger charge is 2.39. The Morgan fingerprint density at radius 2 is 1.94 bits per heavy atom. The first-order valence-corrected chi connectivity index (χ1v) is 7.84. The molecule has 5 nitrogen and oxygen atoms in total. The van der Waals surface area contributed by atoms with Crippen LogP contribution in [0.3, 0.4) is 0 Å². The summed E-state index contributed by atoms with van der Waals surface area (Å²) < 4.78 is 28.4. The van der Waals surface area contributed by atoms with Crippen molar-refractivity contribution in [3.05, 3.63) is 0 Å². The Morgan fingerprint density at radius 3 is 2.41 bits per heavy atom. The van der Waals surface area contributed by atoms with E-state index in [1.54, 1.807) is 4.31 Å². The summed E-state index contributed by atoms with van der Waals surface area (Å²) in [5.41, 5.74) is 5.81. The Labute approximate surface area is 104 Å². The van der Waals surface area contributed by atoms with E-state index in [1.165, 1.54) is 0 Å². The molecule has 2 rings (SSSR count). The molecule has 6 heteroatoms. The van der Waals surface area contributed by atoms with Gasteiger partial charge in [-0.1, -0.05) is 6.92 Å². The average Bonchev–Trinajstić information content (AvgIpc) is 3.06. The molecular weight excluding hydrogens is 238 g/mol. The maximum absolute atomic E-state index is 12.0. The highest BCUT2D eigenvalue weighted by Crippen LogP contribution is 2.44. The molecule has 100 valence electrons. The zero-order valence-electron chi connectivity index (χ0n) is 10.5. The topological polar surface area (TPSA) is 75.4 Å². The molecule has 0 atom stereocenters. The third-order valence-electron chi connectivity index (χ3n) is 4.03. The fraction of sp³-hybridized carbons (Fsp3) is 1.00. The Morgan fingerprint density at radius 1 is 1.35 bits per heavy atom. The number of rotatable bonds is 5. The van der Waals surface area contributed by atoms with Crippen molar-refractivity contribution >= 4 is 10.2 Å². The van der Waals surface area contributed by atoms with Crippen LogP contribution in [0.25, 0.3) is 0 Å². The molecule has 0 spiro atoms. The van der Waals surface area contributed by atoms with Crippen LogP contribution in [-0.2, 0) is 10.2 Å². The predicted molar refractivity (Wildman–Crippen MR) is 67.6 cm³/mol. The van der Waals surface area contributed by atoms with Crippen LogP contribution in [-0.4, -0.2) is 38.9 Å². The number of nitrogens with two attached hydrogens (primary N) is 1. The molecular formula is C11H23N3O2S. The number of hydrogen-bond donors (Lipinski definition) is 2. The lowest BCUT2D eigenvalue weighted by atomic mass is 9.99. The van der Waals surface area contributed by atoms with E-state index < -0.39 is 10.2 Å². The van der Waals surface area contributed by atoms with Crippen LogP contribution < -0.4 is 10.5 Å². The lowest BCUT2D eigenvalue weighted by molar-refractivity contribution is 0.275. The number of hydrogen-bond acceptors (Lipinski definition) is 3. The van der Waals surface area contributed by atoms with Gasteiger partial charge < -0.3 is 5.73 Å². The molecule has 17 heavy (non-hydrogen) atoms. The molecule has 1 aliphatic carbocycles. The van der Waals surface area contributed by atoms with Gasteiger partial charge in [-0.25, -0.2) is 4.72 Å². The van der Waals surface area contributed by atoms with E-state index >= 15 is 0 Å². The van der Waals surface area contributed by atoms with Crippen LogP contribution >= 0.6 is 0 Å². The second-order valence-corrected chi connectivity index (χ2v) is 7.47. The van der Waals surface area contributed by atoms with E-state index in [2.05, 4.69) is 11.6 Å². The van der Waals surface area contributed by atoms with Crippen LogP contribution in [0, 0.1) is 11.3 Å². The molecule has 0 aromatic rings. The van der Waals surface area contributed by atoms with Gasteiger partial charge in [0.1, 0.15) is 0 Å². The Balaban J connectivity index is 1.83. The van der Waals surface area contributed by atoms with E-state index in [-0.39, 0.29) is 5.41 Å². The van der Waals surface area contributed by atoms with E-state index in [9.17, 15) is 8.42 Å². The summed E-state index contributed by atoms with van der Waals surface area (Å²) >= 11 is 0. The molecule has 0 unspecified atom stereocenters. The van der Waals surface area contributed by atoms with E-state index in [1.807, 2.05) is 0 Å². The number of nitrogens with zero attached hydrogens (tertiary/aromatic N) is 1. The van der Waals surface area contributed by atoms with Gasteiger partial charge in [0.15, 0.2) is 0 Å². The normalized spacial score (nSPS) is 26.0. The standard InChI is InChI=1S/C11H23N3O2S/c1-11(4-5-11)9-13-17(15,16)14-6-2-10(8-12)3-7-14/h10,13H,2-9,12H2,1H3. The third kappa shape index (κ3) is 3.40. The predicted octanol–water partition coefficient (Wildman–Crippen LogP) is 0.292. The molecule has 1 saturated heterocycles. The van der Waals surface area contributed by atoms with E-state index in [4.69, 9.17) is 5.73 Å². The van der Waals surface area contributed by atoms with Crippen LogP contribution in [0.4, 0.5) is 0 Å². The second kappa shape index (κ2) is 4.84. The third-order valence-corrected chi connectivity index (χ3v) is 5.59. The molecule has 2 aliphatic rings. The molecule has 0 amide bonds. The smallest absolute Gasteiger partial charge is 0.279 e. The van der Waals surface area contributed by atoms with Crippen molar-refractivity contribution in [3.63, 3.8) is 0 Å². The van der Waals surface area contributed by atoms with E-state index in [0.717, 1.165) is 25.7 Å². The minimum Gasteiger partial charge on any atom is -0.330 e. The van der Waals surface area contributed by atoms with Crippen LogP contribution in [0.1, 0.15) is 32.6 Å². The lowest BCUT2D eigenvalue weighted by Crippen LogP contribution is -2.46. The Kier molecular flexibility index (Phi) is 3.77. The SMILES string of the molecule is CC1(CNS(=O)(=O)N2CCC(CN)CC2)CC1. The van der Waals surface area contributed by atoms with Gasteiger partial charge in [0.05, 0.1) is 0 Å². The van der Waals surface area contributed by atoms with Gasteiger partial charge in [-0.15, -0.1) is 0 Å². The van der Waals surface area contributed by atoms with Gasteiger partial charge in [-0.05, 0) is 43.6 Å². The molecule has 0 aromatic heterocycles. The minimum absolute atomic E-state index is 0.211. The monoisotopic (exact) mass is 261 g/mol. The molecule has 0 bridgehead atoms. The lowest BCUT2D eigenvalue weighted by Gasteiger charge is -2.30. The summed E-state index contributed by atoms with van der Waals surface area (Å²) in [7, 11) is -3.27. The van der Waals surface area contributed by atoms with Crippen LogP contribution in [0.5, 0.6) is 0 Å². The van der Waals surface area contributed by atoms with Gasteiger partial charge >= 0.3 is 0 Å². The average molecular weight is 261 g/mol. The van der Waals surface area contributed by atoms with E-state index in [0.29, 0.717) is 32.1 Å². The molecule has 3 N–H and O–H groups in total. The molecule has 1 saturated carbocycles. The largest absolute Gasteiger partial charge is 0.330 e. The van der Waals surface area contributed by atoms with Crippen molar-refractivity contribution in [2.24, 2.45) is 17.1 Å². The van der Waals surface area contributed by atoms with Crippen molar-refractivity contribution < 1.29 is 8.42 Å². The van der Waals surface area contributed by atoms with Gasteiger partial charge in [0.25, 0.3) is 10.2 Å². The summed E-state index contributed by atoms with van der Waals surface area (Å²) in [4.78, 5) is 0. The first-order valence-electron chi connectivity index (χ1n) is 6.40. The van der Waals surface area contributed by atoms with Gasteiger partial charge in [-0.2, -0.15) is 12.7 Å². The second-order valence-electron chi connectivity index (χ2n) is 5.71. The summed E-state index contributed by atoms with van der Waals surface area (Å²) in [5, 5.41) is 0. The minimum atomic E-state index is -3.27. The quantitative estimate of drug-likeness (QED) is 0.747. The van der Waals surface area contributed by atoms with Crippen molar-refractivity contribution in [2.75, 3.05) is 26.2 Å². The zero-order chi connectivity index (χ0) is 12.5. The number of piperidine rings is 1. The zero-order valence-corrected chi connectivity index (χ0v) is 11.3. The highest BCUT2D eigenvalue weighted by molar-refractivity contribution is 7.87. The number of nitrogens with one attached hydrogen (secondary N) is 1. The first-order chi connectivity index (χ1) is 7.95. The fourth-order valence-corrected chi connectivity index (χ4v) is 3.54. The highest BCUT2D eigenvalue weighted by atomic mass is 32.2. The summed E-state index contributed by atoms with van der Waals surface area (Å²) in [6, 6.07) is 0. The van der Waals surface area contributed by atoms with Crippen LogP contribution in [0.2, 0.25) is 0 Å². The van der Waals surface area contributed by atoms with Crippen molar-refractivity contribution in [2.45, 2.75) is 32.6 Å². The summed E-state index contributed by atoms with van der Waals surface area (Å²) in [6.45, 7) is 4.57. The molecule has 1 aliphatic heterocycles. The van der Waals surface area contributed by atoms with Crippen molar-refractivity contribution in [1.29, 1.82) is 0 Å². The maximum atomic E-state index is 12.0. The van der Waals surface area contributed by atoms with Crippen LogP contribution in [0.15, 0.2) is 0 Å². The molecule has 0 aromatic carbocycles. The molecule has 2 fully saturated rings. The van der Waals surface area contributed by atoms with Gasteiger partial charge in [0.2, 0.25) is 0 Å². The first kappa shape index (κ1) is 13.3. The summed E-state index contributed by atoms with van der Waals surface area (Å²) in [5.74, 6) is 0.488. The Hall–Kier alpha value is -0.170. The van der Waals surface area contributed by atoms with Gasteiger partial charge in [0, 0.05) is 19.6 Å². The van der Waals surface area contributed by atoms with Gasteiger partial charge in [-0.3, -0.25) is 0 Å².